The van der Waals surface area contributed by atoms with Crippen LogP contribution in [0.4, 0.5) is 0 Å². The van der Waals surface area contributed by atoms with Gasteiger partial charge in [0.25, 0.3) is 20.2 Å². The van der Waals surface area contributed by atoms with Gasteiger partial charge in [-0.05, 0) is 45.0 Å². The van der Waals surface area contributed by atoms with Gasteiger partial charge >= 0.3 is 0 Å². The fourth-order valence-corrected chi connectivity index (χ4v) is 4.13. The molecule has 7 nitrogen and oxygen atoms in total. The first-order valence-corrected chi connectivity index (χ1v) is 11.5. The minimum absolute atomic E-state index is 0.0153. The largest absolute Gasteiger partial charge is 0.374 e. The molecule has 0 unspecified atom stereocenters. The van der Waals surface area contributed by atoms with Crippen LogP contribution < -0.4 is 0 Å². The Hall–Kier alpha value is -1.78. The molecular weight excluding hydrogens is 404 g/mol. The Kier molecular flexibility index (Phi) is 7.73. The summed E-state index contributed by atoms with van der Waals surface area (Å²) in [5.74, 6) is 0. The molecule has 0 amide bonds. The Balaban J connectivity index is 2.01. The molecule has 0 fully saturated rings. The molecule has 0 bridgehead atoms. The van der Waals surface area contributed by atoms with Crippen molar-refractivity contribution in [2.24, 2.45) is 0 Å². The first kappa shape index (κ1) is 22.5. The number of hydrogen-bond acceptors (Lipinski definition) is 7. The Morgan fingerprint density at radius 1 is 0.714 bits per heavy atom. The topological polar surface area (TPSA) is 96.0 Å². The smallest absolute Gasteiger partial charge is 0.297 e. The zero-order valence-corrected chi connectivity index (χ0v) is 17.6. The van der Waals surface area contributed by atoms with E-state index in [0.29, 0.717) is 0 Å². The van der Waals surface area contributed by atoms with Gasteiger partial charge in [-0.15, -0.1) is 0 Å². The fourth-order valence-electron chi connectivity index (χ4n) is 2.26. The van der Waals surface area contributed by atoms with Crippen LogP contribution in [-0.2, 0) is 33.3 Å². The number of rotatable bonds is 10. The molecule has 9 heteroatoms. The van der Waals surface area contributed by atoms with Crippen LogP contribution in [-0.4, -0.2) is 42.8 Å². The number of ether oxygens (including phenoxy) is 1. The van der Waals surface area contributed by atoms with E-state index in [2.05, 4.69) is 0 Å². The second-order valence-corrected chi connectivity index (χ2v) is 9.41. The Morgan fingerprint density at radius 2 is 1.07 bits per heavy atom. The summed E-state index contributed by atoms with van der Waals surface area (Å²) in [7, 11) is -7.97. The van der Waals surface area contributed by atoms with Gasteiger partial charge in [0.2, 0.25) is 0 Å². The molecule has 0 spiro atoms. The molecule has 0 radical (unpaired) electrons. The predicted molar refractivity (Wildman–Crippen MR) is 104 cm³/mol. The van der Waals surface area contributed by atoms with E-state index in [1.54, 1.807) is 31.2 Å². The summed E-state index contributed by atoms with van der Waals surface area (Å²) in [6.45, 7) is 4.89. The second-order valence-electron chi connectivity index (χ2n) is 6.18. The molecule has 0 aromatic heterocycles. The third-order valence-corrected chi connectivity index (χ3v) is 6.43. The maximum atomic E-state index is 12.3. The van der Waals surface area contributed by atoms with Crippen LogP contribution in [0.3, 0.4) is 0 Å². The summed E-state index contributed by atoms with van der Waals surface area (Å²) in [6.07, 6.45) is -0.870. The van der Waals surface area contributed by atoms with Crippen molar-refractivity contribution in [1.29, 1.82) is 0 Å². The first-order valence-electron chi connectivity index (χ1n) is 8.68. The van der Waals surface area contributed by atoms with Gasteiger partial charge in [0.15, 0.2) is 0 Å². The van der Waals surface area contributed by atoms with Crippen LogP contribution in [0.15, 0.2) is 58.3 Å². The molecule has 28 heavy (non-hydrogen) atoms. The van der Waals surface area contributed by atoms with Crippen molar-refractivity contribution in [3.8, 4) is 0 Å². The highest BCUT2D eigenvalue weighted by atomic mass is 32.2. The van der Waals surface area contributed by atoms with E-state index in [1.807, 2.05) is 13.8 Å². The van der Waals surface area contributed by atoms with Gasteiger partial charge in [-0.1, -0.05) is 35.4 Å². The molecule has 2 aromatic rings. The summed E-state index contributed by atoms with van der Waals surface area (Å²) in [6, 6.07) is 12.4. The van der Waals surface area contributed by atoms with Crippen LogP contribution >= 0.6 is 0 Å². The van der Waals surface area contributed by atoms with Crippen molar-refractivity contribution in [3.05, 3.63) is 59.7 Å². The van der Waals surface area contributed by atoms with Crippen molar-refractivity contribution >= 4 is 20.2 Å². The van der Waals surface area contributed by atoms with Crippen molar-refractivity contribution in [2.75, 3.05) is 19.8 Å². The van der Waals surface area contributed by atoms with E-state index in [0.717, 1.165) is 11.1 Å². The van der Waals surface area contributed by atoms with Gasteiger partial charge in [-0.2, -0.15) is 16.8 Å². The van der Waals surface area contributed by atoms with Crippen molar-refractivity contribution < 1.29 is 29.9 Å². The van der Waals surface area contributed by atoms with Crippen LogP contribution in [0.2, 0.25) is 0 Å². The molecule has 0 saturated carbocycles. The van der Waals surface area contributed by atoms with E-state index in [-0.39, 0.29) is 29.6 Å². The number of aryl methyl sites for hydroxylation is 2. The summed E-state index contributed by atoms with van der Waals surface area (Å²) >= 11 is 0. The summed E-state index contributed by atoms with van der Waals surface area (Å²) < 4.78 is 64.5. The normalized spacial score (nSPS) is 12.4. The summed E-state index contributed by atoms with van der Waals surface area (Å²) in [4.78, 5) is 0.0306. The maximum Gasteiger partial charge on any atom is 0.297 e. The molecular formula is C19H24O7S2. The van der Waals surface area contributed by atoms with Crippen LogP contribution in [0.25, 0.3) is 0 Å². The summed E-state index contributed by atoms with van der Waals surface area (Å²) in [5.41, 5.74) is 1.83. The fraction of sp³-hybridized carbons (Fsp3) is 0.368. The maximum absolute atomic E-state index is 12.3. The Labute approximate surface area is 166 Å². The van der Waals surface area contributed by atoms with E-state index >= 15 is 0 Å². The standard InChI is InChI=1S/C19H24O7S2/c1-4-24-17(13-25-27(20,21)18-9-5-15(2)6-10-18)14-26-28(22,23)19-11-7-16(3)8-12-19/h5-12,17H,4,13-14H2,1-3H3. The molecule has 0 atom stereocenters. The van der Waals surface area contributed by atoms with Gasteiger partial charge in [0.05, 0.1) is 23.0 Å². The SMILES string of the molecule is CCOC(COS(=O)(=O)c1ccc(C)cc1)COS(=O)(=O)c1ccc(C)cc1. The Bertz CT molecular complexity index is 884. The molecule has 154 valence electrons. The Morgan fingerprint density at radius 3 is 1.39 bits per heavy atom. The average molecular weight is 429 g/mol. The van der Waals surface area contributed by atoms with Gasteiger partial charge in [-0.3, -0.25) is 8.37 Å². The molecule has 2 rings (SSSR count). The molecule has 0 aliphatic heterocycles. The van der Waals surface area contributed by atoms with Crippen molar-refractivity contribution in [3.63, 3.8) is 0 Å². The molecule has 0 aliphatic rings. The van der Waals surface area contributed by atoms with E-state index < -0.39 is 26.3 Å². The highest BCUT2D eigenvalue weighted by molar-refractivity contribution is 7.87. The van der Waals surface area contributed by atoms with Crippen LogP contribution in [0.1, 0.15) is 18.1 Å². The zero-order chi connectivity index (χ0) is 20.8. The lowest BCUT2D eigenvalue weighted by Crippen LogP contribution is -2.28. The molecule has 0 N–H and O–H groups in total. The molecule has 0 heterocycles. The number of hydrogen-bond donors (Lipinski definition) is 0. The second kappa shape index (κ2) is 9.62. The van der Waals surface area contributed by atoms with Crippen molar-refractivity contribution in [2.45, 2.75) is 36.7 Å². The highest BCUT2D eigenvalue weighted by Crippen LogP contribution is 2.16. The van der Waals surface area contributed by atoms with Crippen LogP contribution in [0, 0.1) is 13.8 Å². The summed E-state index contributed by atoms with van der Waals surface area (Å²) in [5, 5.41) is 0. The number of benzene rings is 2. The van der Waals surface area contributed by atoms with Gasteiger partial charge in [-0.25, -0.2) is 0 Å². The quantitative estimate of drug-likeness (QED) is 0.537. The van der Waals surface area contributed by atoms with Gasteiger partial charge in [0, 0.05) is 6.61 Å². The molecule has 2 aromatic carbocycles. The lowest BCUT2D eigenvalue weighted by atomic mass is 10.2. The van der Waals surface area contributed by atoms with Gasteiger partial charge in [0.1, 0.15) is 6.10 Å². The van der Waals surface area contributed by atoms with E-state index in [1.165, 1.54) is 24.3 Å². The third-order valence-electron chi connectivity index (χ3n) is 3.84. The van der Waals surface area contributed by atoms with Crippen LogP contribution in [0.5, 0.6) is 0 Å². The predicted octanol–water partition coefficient (Wildman–Crippen LogP) is 2.82. The average Bonchev–Trinajstić information content (AvgIpc) is 2.65. The third kappa shape index (κ3) is 6.39. The van der Waals surface area contributed by atoms with Gasteiger partial charge < -0.3 is 4.74 Å². The lowest BCUT2D eigenvalue weighted by molar-refractivity contribution is 0.00166. The zero-order valence-electron chi connectivity index (χ0n) is 16.0. The van der Waals surface area contributed by atoms with E-state index in [9.17, 15) is 16.8 Å². The first-order chi connectivity index (χ1) is 13.1. The molecule has 0 saturated heterocycles. The highest BCUT2D eigenvalue weighted by Gasteiger charge is 2.22. The lowest BCUT2D eigenvalue weighted by Gasteiger charge is -2.17. The minimum Gasteiger partial charge on any atom is -0.374 e. The minimum atomic E-state index is -3.99. The van der Waals surface area contributed by atoms with Crippen molar-refractivity contribution in [1.82, 2.24) is 0 Å². The van der Waals surface area contributed by atoms with E-state index in [4.69, 9.17) is 13.1 Å². The molecule has 0 aliphatic carbocycles. The monoisotopic (exact) mass is 428 g/mol.